The third-order valence-electron chi connectivity index (χ3n) is 3.02. The quantitative estimate of drug-likeness (QED) is 0.846. The van der Waals surface area contributed by atoms with Crippen LogP contribution in [0.5, 0.6) is 0 Å². The van der Waals surface area contributed by atoms with E-state index in [-0.39, 0.29) is 0 Å². The first kappa shape index (κ1) is 12.7. The Kier molecular flexibility index (Phi) is 3.13. The molecule has 0 atom stereocenters. The van der Waals surface area contributed by atoms with E-state index in [1.54, 1.807) is 11.3 Å². The fourth-order valence-electron chi connectivity index (χ4n) is 1.91. The molecule has 1 fully saturated rings. The minimum absolute atomic E-state index is 0.376. The van der Waals surface area contributed by atoms with E-state index in [0.29, 0.717) is 19.0 Å². The maximum Gasteiger partial charge on any atom is 0.163 e. The number of thiophene rings is 1. The van der Waals surface area contributed by atoms with Gasteiger partial charge in [-0.05, 0) is 41.1 Å². The molecule has 0 aromatic carbocycles. The zero-order valence-corrected chi connectivity index (χ0v) is 12.6. The van der Waals surface area contributed by atoms with Crippen molar-refractivity contribution in [3.05, 3.63) is 33.5 Å². The molecule has 6 heteroatoms. The minimum Gasteiger partial charge on any atom is -0.377 e. The molecule has 4 nitrogen and oxygen atoms in total. The summed E-state index contributed by atoms with van der Waals surface area (Å²) in [6.45, 7) is 2.67. The van der Waals surface area contributed by atoms with E-state index in [2.05, 4.69) is 32.0 Å². The van der Waals surface area contributed by atoms with Crippen LogP contribution in [0.4, 0.5) is 0 Å². The molecule has 2 aromatic heterocycles. The van der Waals surface area contributed by atoms with Crippen LogP contribution in [0.2, 0.25) is 0 Å². The molecule has 0 bridgehead atoms. The van der Waals surface area contributed by atoms with Gasteiger partial charge in [-0.25, -0.2) is 9.97 Å². The van der Waals surface area contributed by atoms with Gasteiger partial charge in [0, 0.05) is 5.69 Å². The van der Waals surface area contributed by atoms with Crippen molar-refractivity contribution in [2.75, 3.05) is 13.2 Å². The summed E-state index contributed by atoms with van der Waals surface area (Å²) in [4.78, 5) is 10.0. The Morgan fingerprint density at radius 2 is 2.21 bits per heavy atom. The smallest absolute Gasteiger partial charge is 0.163 e. The first-order valence-corrected chi connectivity index (χ1v) is 7.35. The molecule has 96 valence electrons. The van der Waals surface area contributed by atoms with Crippen molar-refractivity contribution in [1.29, 1.82) is 5.26 Å². The Morgan fingerprint density at radius 1 is 1.42 bits per heavy atom. The molecule has 1 aliphatic heterocycles. The van der Waals surface area contributed by atoms with Gasteiger partial charge < -0.3 is 4.74 Å². The molecule has 3 rings (SSSR count). The molecule has 3 heterocycles. The standard InChI is InChI=1S/C13H10BrN3OS/c1-8-4-9(10-2-3-11(14)19-10)17-12(16-8)13(5-15)6-18-7-13/h2-4H,6-7H2,1H3. The van der Waals surface area contributed by atoms with Gasteiger partial charge in [0.05, 0.1) is 33.6 Å². The van der Waals surface area contributed by atoms with E-state index in [0.717, 1.165) is 20.1 Å². The molecule has 0 spiro atoms. The van der Waals surface area contributed by atoms with Crippen LogP contribution in [0.1, 0.15) is 11.5 Å². The molecule has 2 aromatic rings. The van der Waals surface area contributed by atoms with Crippen LogP contribution in [0.25, 0.3) is 10.6 Å². The monoisotopic (exact) mass is 335 g/mol. The number of hydrogen-bond donors (Lipinski definition) is 0. The second-order valence-corrected chi connectivity index (χ2v) is 6.97. The van der Waals surface area contributed by atoms with Crippen LogP contribution in [-0.4, -0.2) is 23.2 Å². The lowest BCUT2D eigenvalue weighted by Crippen LogP contribution is -2.47. The van der Waals surface area contributed by atoms with Gasteiger partial charge in [0.15, 0.2) is 11.2 Å². The molecular weight excluding hydrogens is 326 g/mol. The van der Waals surface area contributed by atoms with E-state index < -0.39 is 5.41 Å². The number of rotatable bonds is 2. The Labute approximate surface area is 123 Å². The predicted octanol–water partition coefficient (Wildman–Crippen LogP) is 3.07. The highest BCUT2D eigenvalue weighted by molar-refractivity contribution is 9.11. The van der Waals surface area contributed by atoms with Gasteiger partial charge in [-0.1, -0.05) is 0 Å². The maximum atomic E-state index is 9.33. The van der Waals surface area contributed by atoms with Gasteiger partial charge in [-0.2, -0.15) is 5.26 Å². The van der Waals surface area contributed by atoms with Crippen molar-refractivity contribution in [2.24, 2.45) is 0 Å². The van der Waals surface area contributed by atoms with Crippen molar-refractivity contribution in [1.82, 2.24) is 9.97 Å². The fourth-order valence-corrected chi connectivity index (χ4v) is 3.26. The summed E-state index contributed by atoms with van der Waals surface area (Å²) in [5.41, 5.74) is 1.06. The topological polar surface area (TPSA) is 58.8 Å². The van der Waals surface area contributed by atoms with Gasteiger partial charge in [-0.15, -0.1) is 11.3 Å². The average Bonchev–Trinajstić information content (AvgIpc) is 2.75. The lowest BCUT2D eigenvalue weighted by atomic mass is 9.86. The van der Waals surface area contributed by atoms with Gasteiger partial charge in [-0.3, -0.25) is 0 Å². The van der Waals surface area contributed by atoms with E-state index in [1.807, 2.05) is 25.1 Å². The number of hydrogen-bond acceptors (Lipinski definition) is 5. The SMILES string of the molecule is Cc1cc(-c2ccc(Br)s2)nc(C2(C#N)COC2)n1. The summed E-state index contributed by atoms with van der Waals surface area (Å²) in [5.74, 6) is 0.570. The Balaban J connectivity index is 2.09. The summed E-state index contributed by atoms with van der Waals surface area (Å²) >= 11 is 5.06. The molecule has 1 saturated heterocycles. The first-order valence-electron chi connectivity index (χ1n) is 5.74. The molecule has 0 radical (unpaired) electrons. The van der Waals surface area contributed by atoms with Crippen molar-refractivity contribution < 1.29 is 4.74 Å². The summed E-state index contributed by atoms with van der Waals surface area (Å²) in [6, 6.07) is 8.22. The van der Waals surface area contributed by atoms with Crippen molar-refractivity contribution in [3.63, 3.8) is 0 Å². The molecule has 0 amide bonds. The number of ether oxygens (including phenoxy) is 1. The molecule has 0 unspecified atom stereocenters. The first-order chi connectivity index (χ1) is 9.13. The fraction of sp³-hybridized carbons (Fsp3) is 0.308. The lowest BCUT2D eigenvalue weighted by molar-refractivity contribution is -0.0339. The molecule has 1 aliphatic rings. The van der Waals surface area contributed by atoms with Crippen LogP contribution in [0.3, 0.4) is 0 Å². The second kappa shape index (κ2) is 4.67. The van der Waals surface area contributed by atoms with Crippen LogP contribution >= 0.6 is 27.3 Å². The molecule has 0 saturated carbocycles. The van der Waals surface area contributed by atoms with Crippen molar-refractivity contribution in [2.45, 2.75) is 12.3 Å². The summed E-state index contributed by atoms with van der Waals surface area (Å²) < 4.78 is 6.22. The maximum absolute atomic E-state index is 9.33. The largest absolute Gasteiger partial charge is 0.377 e. The highest BCUT2D eigenvalue weighted by Gasteiger charge is 2.44. The average molecular weight is 336 g/mol. The second-order valence-electron chi connectivity index (χ2n) is 4.51. The van der Waals surface area contributed by atoms with Crippen LogP contribution < -0.4 is 0 Å². The van der Waals surface area contributed by atoms with Gasteiger partial charge in [0.2, 0.25) is 0 Å². The Morgan fingerprint density at radius 3 is 2.74 bits per heavy atom. The highest BCUT2D eigenvalue weighted by Crippen LogP contribution is 2.34. The lowest BCUT2D eigenvalue weighted by Gasteiger charge is -2.33. The molecule has 0 N–H and O–H groups in total. The van der Waals surface area contributed by atoms with Crippen molar-refractivity contribution in [3.8, 4) is 16.6 Å². The number of nitrogens with zero attached hydrogens (tertiary/aromatic N) is 3. The van der Waals surface area contributed by atoms with E-state index in [9.17, 15) is 5.26 Å². The third-order valence-corrected chi connectivity index (χ3v) is 4.67. The van der Waals surface area contributed by atoms with Crippen LogP contribution in [-0.2, 0) is 10.2 Å². The number of aromatic nitrogens is 2. The van der Waals surface area contributed by atoms with E-state index in [1.165, 1.54) is 0 Å². The summed E-state index contributed by atoms with van der Waals surface area (Å²) in [5, 5.41) is 9.33. The Bertz CT molecular complexity index is 673. The normalized spacial score (nSPS) is 16.7. The zero-order chi connectivity index (χ0) is 13.5. The van der Waals surface area contributed by atoms with E-state index in [4.69, 9.17) is 4.74 Å². The highest BCUT2D eigenvalue weighted by atomic mass is 79.9. The van der Waals surface area contributed by atoms with Crippen LogP contribution in [0.15, 0.2) is 22.0 Å². The van der Waals surface area contributed by atoms with E-state index >= 15 is 0 Å². The molecule has 0 aliphatic carbocycles. The summed E-state index contributed by atoms with van der Waals surface area (Å²) in [6.07, 6.45) is 0. The minimum atomic E-state index is -0.671. The zero-order valence-electron chi connectivity index (χ0n) is 10.2. The summed E-state index contributed by atoms with van der Waals surface area (Å²) in [7, 11) is 0. The number of aryl methyl sites for hydroxylation is 1. The van der Waals surface area contributed by atoms with Gasteiger partial charge in [0.25, 0.3) is 0 Å². The Hall–Kier alpha value is -1.29. The van der Waals surface area contributed by atoms with Gasteiger partial charge in [0.1, 0.15) is 0 Å². The number of nitriles is 1. The molecule has 19 heavy (non-hydrogen) atoms. The number of halogens is 1. The predicted molar refractivity (Wildman–Crippen MR) is 75.9 cm³/mol. The third kappa shape index (κ3) is 2.18. The van der Waals surface area contributed by atoms with Gasteiger partial charge >= 0.3 is 0 Å². The van der Waals surface area contributed by atoms with Crippen molar-refractivity contribution >= 4 is 27.3 Å². The molecular formula is C13H10BrN3OS. The van der Waals surface area contributed by atoms with Crippen LogP contribution in [0, 0.1) is 18.3 Å².